The van der Waals surface area contributed by atoms with Gasteiger partial charge < -0.3 is 10.2 Å². The molecule has 1 unspecified atom stereocenters. The van der Waals surface area contributed by atoms with Gasteiger partial charge in [-0.3, -0.25) is 0 Å². The van der Waals surface area contributed by atoms with Gasteiger partial charge in [-0.05, 0) is 45.4 Å². The van der Waals surface area contributed by atoms with Gasteiger partial charge in [-0.1, -0.05) is 6.07 Å². The van der Waals surface area contributed by atoms with Crippen molar-refractivity contribution in [2.75, 3.05) is 0 Å². The first-order chi connectivity index (χ1) is 8.97. The number of hydrogen-bond acceptors (Lipinski definition) is 4. The molecule has 1 aromatic rings. The van der Waals surface area contributed by atoms with Crippen LogP contribution in [0.2, 0.25) is 0 Å². The summed E-state index contributed by atoms with van der Waals surface area (Å²) in [5.41, 5.74) is -0.737. The standard InChI is InChI=1S/C13H19NO5S/c1-8-5-6-10(12(16)17)7-11(8)20(18,19)14-13(3,4)9(2)15/h5-7,9,14-15H,1-4H3,(H,16,17). The van der Waals surface area contributed by atoms with E-state index >= 15 is 0 Å². The summed E-state index contributed by atoms with van der Waals surface area (Å²) >= 11 is 0. The molecule has 0 aliphatic rings. The topological polar surface area (TPSA) is 104 Å². The van der Waals surface area contributed by atoms with Gasteiger partial charge >= 0.3 is 5.97 Å². The molecule has 0 spiro atoms. The second-order valence-corrected chi connectivity index (χ2v) is 6.94. The Hall–Kier alpha value is -1.44. The third kappa shape index (κ3) is 3.56. The van der Waals surface area contributed by atoms with E-state index in [-0.39, 0.29) is 10.5 Å². The number of aliphatic hydroxyl groups is 1. The molecule has 7 heteroatoms. The molecule has 0 aliphatic carbocycles. The molecule has 0 bridgehead atoms. The Bertz CT molecular complexity index is 620. The number of carboxylic acid groups (broad SMARTS) is 1. The first-order valence-electron chi connectivity index (χ1n) is 6.03. The van der Waals surface area contributed by atoms with E-state index in [2.05, 4.69) is 4.72 Å². The number of sulfonamides is 1. The molecule has 1 aromatic carbocycles. The first-order valence-corrected chi connectivity index (χ1v) is 7.51. The van der Waals surface area contributed by atoms with Crippen LogP contribution in [-0.4, -0.2) is 36.2 Å². The maximum absolute atomic E-state index is 12.3. The Morgan fingerprint density at radius 1 is 1.35 bits per heavy atom. The molecule has 3 N–H and O–H groups in total. The highest BCUT2D eigenvalue weighted by Gasteiger charge is 2.31. The smallest absolute Gasteiger partial charge is 0.335 e. The Kier molecular flexibility index (Phi) is 4.58. The monoisotopic (exact) mass is 301 g/mol. The molecule has 0 heterocycles. The van der Waals surface area contributed by atoms with Gasteiger partial charge in [0.1, 0.15) is 0 Å². The quantitative estimate of drug-likeness (QED) is 0.756. The molecule has 0 saturated carbocycles. The lowest BCUT2D eigenvalue weighted by Gasteiger charge is -2.29. The molecule has 1 rings (SSSR count). The van der Waals surface area contributed by atoms with Crippen molar-refractivity contribution < 1.29 is 23.4 Å². The third-order valence-corrected chi connectivity index (χ3v) is 4.98. The average Bonchev–Trinajstić information content (AvgIpc) is 2.27. The molecular weight excluding hydrogens is 282 g/mol. The van der Waals surface area contributed by atoms with E-state index in [4.69, 9.17) is 5.11 Å². The number of rotatable bonds is 5. The summed E-state index contributed by atoms with van der Waals surface area (Å²) in [5.74, 6) is -1.20. The van der Waals surface area contributed by atoms with Crippen molar-refractivity contribution in [2.45, 2.75) is 44.2 Å². The molecule has 0 saturated heterocycles. The summed E-state index contributed by atoms with van der Waals surface area (Å²) in [6.07, 6.45) is -0.903. The number of carbonyl (C=O) groups is 1. The molecule has 0 aromatic heterocycles. The average molecular weight is 301 g/mol. The van der Waals surface area contributed by atoms with Crippen LogP contribution in [0.1, 0.15) is 36.7 Å². The Labute approximate surface area is 118 Å². The summed E-state index contributed by atoms with van der Waals surface area (Å²) in [5, 5.41) is 18.5. The number of aryl methyl sites for hydroxylation is 1. The molecule has 1 atom stereocenters. The highest BCUT2D eigenvalue weighted by Crippen LogP contribution is 2.20. The van der Waals surface area contributed by atoms with E-state index in [1.54, 1.807) is 20.8 Å². The fraction of sp³-hybridized carbons (Fsp3) is 0.462. The molecule has 0 aliphatic heterocycles. The fourth-order valence-electron chi connectivity index (χ4n) is 1.51. The molecule has 0 amide bonds. The van der Waals surface area contributed by atoms with Crippen LogP contribution < -0.4 is 4.72 Å². The highest BCUT2D eigenvalue weighted by molar-refractivity contribution is 7.89. The zero-order valence-corrected chi connectivity index (χ0v) is 12.7. The van der Waals surface area contributed by atoms with Crippen LogP contribution in [0, 0.1) is 6.92 Å². The second kappa shape index (κ2) is 5.51. The van der Waals surface area contributed by atoms with E-state index in [9.17, 15) is 18.3 Å². The summed E-state index contributed by atoms with van der Waals surface area (Å²) in [4.78, 5) is 10.8. The normalized spacial score (nSPS) is 14.1. The van der Waals surface area contributed by atoms with Gasteiger partial charge in [-0.2, -0.15) is 0 Å². The van der Waals surface area contributed by atoms with Gasteiger partial charge in [-0.25, -0.2) is 17.9 Å². The van der Waals surface area contributed by atoms with Crippen molar-refractivity contribution in [2.24, 2.45) is 0 Å². The summed E-state index contributed by atoms with van der Waals surface area (Å²) < 4.78 is 27.1. The molecular formula is C13H19NO5S. The van der Waals surface area contributed by atoms with Crippen LogP contribution in [0.3, 0.4) is 0 Å². The maximum atomic E-state index is 12.3. The van der Waals surface area contributed by atoms with Crippen LogP contribution in [0.4, 0.5) is 0 Å². The van der Waals surface area contributed by atoms with Crippen molar-refractivity contribution in [3.63, 3.8) is 0 Å². The first kappa shape index (κ1) is 16.6. The van der Waals surface area contributed by atoms with Crippen LogP contribution >= 0.6 is 0 Å². The number of aliphatic hydroxyl groups excluding tert-OH is 1. The van der Waals surface area contributed by atoms with Gasteiger partial charge in [0.25, 0.3) is 0 Å². The lowest BCUT2D eigenvalue weighted by atomic mass is 10.0. The van der Waals surface area contributed by atoms with Crippen LogP contribution in [0.5, 0.6) is 0 Å². The van der Waals surface area contributed by atoms with Gasteiger partial charge in [0.2, 0.25) is 10.0 Å². The predicted molar refractivity (Wildman–Crippen MR) is 74.2 cm³/mol. The highest BCUT2D eigenvalue weighted by atomic mass is 32.2. The SMILES string of the molecule is Cc1ccc(C(=O)O)cc1S(=O)(=O)NC(C)(C)C(C)O. The van der Waals surface area contributed by atoms with Crippen molar-refractivity contribution in [1.29, 1.82) is 0 Å². The predicted octanol–water partition coefficient (Wildman–Crippen LogP) is 1.13. The van der Waals surface area contributed by atoms with Crippen LogP contribution in [0.25, 0.3) is 0 Å². The van der Waals surface area contributed by atoms with Gasteiger partial charge in [0, 0.05) is 0 Å². The minimum Gasteiger partial charge on any atom is -0.478 e. The van der Waals surface area contributed by atoms with E-state index in [1.807, 2.05) is 0 Å². The molecule has 6 nitrogen and oxygen atoms in total. The number of carboxylic acids is 1. The number of aromatic carboxylic acids is 1. The summed E-state index contributed by atoms with van der Waals surface area (Å²) in [7, 11) is -3.92. The number of nitrogens with one attached hydrogen (secondary N) is 1. The number of benzene rings is 1. The van der Waals surface area contributed by atoms with Crippen molar-refractivity contribution in [3.05, 3.63) is 29.3 Å². The van der Waals surface area contributed by atoms with Gasteiger partial charge in [0.05, 0.1) is 22.1 Å². The van der Waals surface area contributed by atoms with Crippen molar-refractivity contribution in [1.82, 2.24) is 4.72 Å². The molecule has 0 radical (unpaired) electrons. The molecule has 112 valence electrons. The van der Waals surface area contributed by atoms with E-state index in [0.717, 1.165) is 6.07 Å². The van der Waals surface area contributed by atoms with E-state index in [1.165, 1.54) is 19.1 Å². The summed E-state index contributed by atoms with van der Waals surface area (Å²) in [6, 6.07) is 3.89. The summed E-state index contributed by atoms with van der Waals surface area (Å²) in [6.45, 7) is 6.15. The van der Waals surface area contributed by atoms with Crippen molar-refractivity contribution >= 4 is 16.0 Å². The largest absolute Gasteiger partial charge is 0.478 e. The van der Waals surface area contributed by atoms with Crippen LogP contribution in [0.15, 0.2) is 23.1 Å². The van der Waals surface area contributed by atoms with E-state index < -0.39 is 27.6 Å². The third-order valence-electron chi connectivity index (χ3n) is 3.17. The molecule has 20 heavy (non-hydrogen) atoms. The zero-order chi connectivity index (χ0) is 15.7. The zero-order valence-electron chi connectivity index (χ0n) is 11.8. The second-order valence-electron chi connectivity index (χ2n) is 5.29. The Balaban J connectivity index is 3.29. The lowest BCUT2D eigenvalue weighted by molar-refractivity contribution is 0.0696. The lowest BCUT2D eigenvalue weighted by Crippen LogP contribution is -2.50. The fourth-order valence-corrected chi connectivity index (χ4v) is 3.26. The van der Waals surface area contributed by atoms with Crippen LogP contribution in [-0.2, 0) is 10.0 Å². The number of hydrogen-bond donors (Lipinski definition) is 3. The Morgan fingerprint density at radius 2 is 1.90 bits per heavy atom. The maximum Gasteiger partial charge on any atom is 0.335 e. The molecule has 0 fully saturated rings. The minimum atomic E-state index is -3.92. The Morgan fingerprint density at radius 3 is 2.35 bits per heavy atom. The minimum absolute atomic E-state index is 0.105. The van der Waals surface area contributed by atoms with Gasteiger partial charge in [0.15, 0.2) is 0 Å². The van der Waals surface area contributed by atoms with E-state index in [0.29, 0.717) is 5.56 Å². The van der Waals surface area contributed by atoms with Crippen molar-refractivity contribution in [3.8, 4) is 0 Å². The van der Waals surface area contributed by atoms with Gasteiger partial charge in [-0.15, -0.1) is 0 Å².